The smallest absolute Gasteiger partial charge is 0.124 e. The number of aryl methyl sites for hydroxylation is 2. The van der Waals surface area contributed by atoms with Crippen molar-refractivity contribution >= 4 is 35.2 Å². The molecule has 0 spiro atoms. The Bertz CT molecular complexity index is 2350. The van der Waals surface area contributed by atoms with Crippen molar-refractivity contribution in [2.24, 2.45) is 5.92 Å². The summed E-state index contributed by atoms with van der Waals surface area (Å²) in [5.41, 5.74) is 6.82. The number of fused-ring (bicyclic) bond motifs is 3. The van der Waals surface area contributed by atoms with Crippen molar-refractivity contribution in [1.82, 2.24) is 9.97 Å². The number of furan rings is 1. The average Bonchev–Trinajstić information content (AvgIpc) is 3.49. The molecule has 3 heterocycles. The molecule has 7 rings (SSSR count). The van der Waals surface area contributed by atoms with E-state index in [4.69, 9.17) is 12.6 Å². The van der Waals surface area contributed by atoms with Crippen LogP contribution in [0.1, 0.15) is 38.8 Å². The van der Waals surface area contributed by atoms with E-state index in [1.165, 1.54) is 17.3 Å². The Balaban J connectivity index is 0.000000276. The molecule has 7 aromatic rings. The zero-order valence-electron chi connectivity index (χ0n) is 33.8. The molecule has 0 fully saturated rings. The van der Waals surface area contributed by atoms with Gasteiger partial charge in [0, 0.05) is 46.1 Å². The summed E-state index contributed by atoms with van der Waals surface area (Å²) in [5, 5.41) is 2.87. The number of hydrogen-bond acceptors (Lipinski definition) is 3. The van der Waals surface area contributed by atoms with Gasteiger partial charge in [0.25, 0.3) is 0 Å². The van der Waals surface area contributed by atoms with E-state index >= 15 is 0 Å². The first kappa shape index (κ1) is 27.8. The van der Waals surface area contributed by atoms with Crippen LogP contribution in [0.15, 0.2) is 114 Å². The summed E-state index contributed by atoms with van der Waals surface area (Å²) < 4.78 is 54.2. The predicted molar refractivity (Wildman–Crippen MR) is 201 cm³/mol. The van der Waals surface area contributed by atoms with Gasteiger partial charge in [0.15, 0.2) is 0 Å². The Hall–Kier alpha value is -4.15. The first-order valence-corrected chi connectivity index (χ1v) is 19.4. The van der Waals surface area contributed by atoms with Crippen LogP contribution in [0.5, 0.6) is 0 Å². The minimum Gasteiger partial charge on any atom is -0.500 e. The monoisotopic (exact) mass is 829 g/mol. The van der Waals surface area contributed by atoms with Gasteiger partial charge in [0.1, 0.15) is 5.58 Å². The number of rotatable bonds is 6. The summed E-state index contributed by atoms with van der Waals surface area (Å²) in [4.78, 5) is 9.07. The number of pyridine rings is 2. The second-order valence-electron chi connectivity index (χ2n) is 13.2. The van der Waals surface area contributed by atoms with Crippen LogP contribution in [0, 0.1) is 31.8 Å². The predicted octanol–water partition coefficient (Wildman–Crippen LogP) is 11.0. The maximum atomic E-state index is 8.33. The molecule has 0 amide bonds. The van der Waals surface area contributed by atoms with Crippen molar-refractivity contribution in [3.63, 3.8) is 0 Å². The number of benzene rings is 4. The third-order valence-corrected chi connectivity index (χ3v) is 10.2. The van der Waals surface area contributed by atoms with Crippen LogP contribution < -0.4 is 5.19 Å². The zero-order valence-corrected chi connectivity index (χ0v) is 31.2. The van der Waals surface area contributed by atoms with E-state index in [0.29, 0.717) is 33.6 Å². The molecule has 0 aliphatic heterocycles. The molecule has 0 aliphatic rings. The van der Waals surface area contributed by atoms with Crippen LogP contribution in [0.3, 0.4) is 0 Å². The van der Waals surface area contributed by atoms with Crippen molar-refractivity contribution in [2.45, 2.75) is 53.6 Å². The molecule has 3 nitrogen and oxygen atoms in total. The van der Waals surface area contributed by atoms with Gasteiger partial charge in [0.2, 0.25) is 0 Å². The number of nitrogens with zero attached hydrogens (tertiary/aromatic N) is 2. The summed E-state index contributed by atoms with van der Waals surface area (Å²) >= 11 is 0. The molecule has 3 aromatic heterocycles. The average molecular weight is 829 g/mol. The molecule has 0 atom stereocenters. The van der Waals surface area contributed by atoms with E-state index < -0.39 is 21.8 Å². The van der Waals surface area contributed by atoms with Gasteiger partial charge in [0.05, 0.1) is 13.7 Å². The Labute approximate surface area is 308 Å². The fourth-order valence-corrected chi connectivity index (χ4v) is 6.68. The molecule has 48 heavy (non-hydrogen) atoms. The van der Waals surface area contributed by atoms with Crippen molar-refractivity contribution in [3.05, 3.63) is 138 Å². The molecular weight excluding hydrogens is 781 g/mol. The van der Waals surface area contributed by atoms with Crippen molar-refractivity contribution in [3.8, 4) is 33.6 Å². The Morgan fingerprint density at radius 1 is 0.792 bits per heavy atom. The first-order valence-electron chi connectivity index (χ1n) is 18.9. The third-order valence-electron chi connectivity index (χ3n) is 8.14. The van der Waals surface area contributed by atoms with Gasteiger partial charge < -0.3 is 14.4 Å². The fraction of sp³-hybridized carbons (Fsp3) is 0.209. The molecular formula is C43H42IrN2OSi-2. The number of aromatic nitrogens is 2. The normalized spacial score (nSPS) is 13.7. The van der Waals surface area contributed by atoms with Crippen LogP contribution in [0.4, 0.5) is 0 Å². The molecule has 0 saturated heterocycles. The summed E-state index contributed by atoms with van der Waals surface area (Å²) in [7, 11) is -1.23. The van der Waals surface area contributed by atoms with Gasteiger partial charge >= 0.3 is 0 Å². The van der Waals surface area contributed by atoms with Crippen LogP contribution >= 0.6 is 0 Å². The number of hydrogen-bond donors (Lipinski definition) is 0. The molecule has 5 heteroatoms. The maximum Gasteiger partial charge on any atom is 0.124 e. The van der Waals surface area contributed by atoms with Gasteiger partial charge in [-0.3, -0.25) is 0 Å². The second-order valence-corrected chi connectivity index (χ2v) is 18.3. The summed E-state index contributed by atoms with van der Waals surface area (Å²) in [6.45, 7) is 6.62. The molecule has 0 saturated carbocycles. The maximum absolute atomic E-state index is 8.33. The van der Waals surface area contributed by atoms with Crippen LogP contribution in [0.25, 0.3) is 55.6 Å². The quantitative estimate of drug-likeness (QED) is 0.124. The van der Waals surface area contributed by atoms with Crippen LogP contribution in [0.2, 0.25) is 19.6 Å². The summed E-state index contributed by atoms with van der Waals surface area (Å²) in [6.07, 6.45) is 4.71. The van der Waals surface area contributed by atoms with Crippen LogP contribution in [-0.4, -0.2) is 18.0 Å². The van der Waals surface area contributed by atoms with Crippen molar-refractivity contribution in [1.29, 1.82) is 0 Å². The van der Waals surface area contributed by atoms with Crippen molar-refractivity contribution < 1.29 is 32.7 Å². The minimum atomic E-state index is -2.47. The van der Waals surface area contributed by atoms with E-state index in [0.717, 1.165) is 34.3 Å². The van der Waals surface area contributed by atoms with Gasteiger partial charge in [-0.2, -0.15) is 0 Å². The zero-order chi connectivity index (χ0) is 38.1. The van der Waals surface area contributed by atoms with Crippen LogP contribution in [-0.2, 0) is 26.5 Å². The molecule has 245 valence electrons. The largest absolute Gasteiger partial charge is 0.500 e. The molecule has 1 radical (unpaired) electrons. The van der Waals surface area contributed by atoms with Gasteiger partial charge in [-0.1, -0.05) is 110 Å². The van der Waals surface area contributed by atoms with Crippen molar-refractivity contribution in [2.75, 3.05) is 0 Å². The second kappa shape index (κ2) is 14.9. The van der Waals surface area contributed by atoms with E-state index in [9.17, 15) is 0 Å². The SMILES string of the molecule is C[Si](C)(C)c1ccc(-c2[c-]cccc2)nc1.[2H]C([2H])([2H])c1ccc(-c2ccc3c(oc4c(-c5cc(CC(C)C)ccn5)[c-]ccc43)c2C([2H])([2H])[2H])cc1.[Ir]. The molecule has 4 aromatic carbocycles. The Kier molecular flexibility index (Phi) is 8.65. The topological polar surface area (TPSA) is 38.9 Å². The fourth-order valence-electron chi connectivity index (χ4n) is 5.64. The molecule has 0 N–H and O–H groups in total. The molecule has 0 aliphatic carbocycles. The summed E-state index contributed by atoms with van der Waals surface area (Å²) in [5.74, 6) is 0.496. The summed E-state index contributed by atoms with van der Waals surface area (Å²) in [6, 6.07) is 36.3. The van der Waals surface area contributed by atoms with Gasteiger partial charge in [-0.05, 0) is 65.4 Å². The minimum absolute atomic E-state index is 0. The van der Waals surface area contributed by atoms with E-state index in [2.05, 4.69) is 67.7 Å². The molecule has 0 unspecified atom stereocenters. The van der Waals surface area contributed by atoms with E-state index in [-0.39, 0.29) is 36.8 Å². The van der Waals surface area contributed by atoms with E-state index in [1.54, 1.807) is 30.5 Å². The first-order chi connectivity index (χ1) is 25.0. The Morgan fingerprint density at radius 2 is 1.60 bits per heavy atom. The van der Waals surface area contributed by atoms with Gasteiger partial charge in [-0.15, -0.1) is 54.1 Å². The Morgan fingerprint density at radius 3 is 2.27 bits per heavy atom. The van der Waals surface area contributed by atoms with E-state index in [1.807, 2.05) is 54.7 Å². The molecule has 0 bridgehead atoms. The standard InChI is InChI=1S/C29H26NO.C14H16NSi.Ir/c1-18(2)16-21-14-15-30-27(17-21)26-7-5-6-24-25-13-12-23(20(4)28(25)31-29(24)26)22-10-8-19(3)9-11-22;1-16(2,3)13-9-10-14(15-11-13)12-7-5-4-6-8-12;/h5-6,8-15,17-18H,16H2,1-4H3;4-7,9-11H,1-3H3;/q2*-1;/i3D3,4D3;;. The van der Waals surface area contributed by atoms with Gasteiger partial charge in [-0.25, -0.2) is 0 Å². The third kappa shape index (κ3) is 7.76.